The van der Waals surface area contributed by atoms with E-state index in [4.69, 9.17) is 5.11 Å². The van der Waals surface area contributed by atoms with Crippen molar-refractivity contribution < 1.29 is 23.1 Å². The van der Waals surface area contributed by atoms with Gasteiger partial charge in [0.1, 0.15) is 0 Å². The van der Waals surface area contributed by atoms with E-state index in [0.29, 0.717) is 17.8 Å². The van der Waals surface area contributed by atoms with Crippen molar-refractivity contribution in [1.29, 1.82) is 0 Å². The molecule has 1 amide bonds. The molecular formula is C21H23N3O5S. The number of aliphatic carboxylic acids is 1. The molecule has 9 heteroatoms. The van der Waals surface area contributed by atoms with Gasteiger partial charge in [-0.1, -0.05) is 42.5 Å². The summed E-state index contributed by atoms with van der Waals surface area (Å²) in [5, 5.41) is 14.8. The lowest BCUT2D eigenvalue weighted by Crippen LogP contribution is -2.26. The van der Waals surface area contributed by atoms with E-state index in [0.717, 1.165) is 17.4 Å². The van der Waals surface area contributed by atoms with Crippen LogP contribution >= 0.6 is 0 Å². The number of amides is 1. The summed E-state index contributed by atoms with van der Waals surface area (Å²) in [6, 6.07) is 16.1. The maximum atomic E-state index is 12.7. The summed E-state index contributed by atoms with van der Waals surface area (Å²) in [5.74, 6) is -1.16. The topological polar surface area (TPSA) is 116 Å². The summed E-state index contributed by atoms with van der Waals surface area (Å²) in [6.45, 7) is 0. The van der Waals surface area contributed by atoms with Gasteiger partial charge in [-0.25, -0.2) is 13.4 Å². The molecule has 3 rings (SSSR count). The molecule has 2 N–H and O–H groups in total. The van der Waals surface area contributed by atoms with Gasteiger partial charge in [0, 0.05) is 24.9 Å². The zero-order valence-electron chi connectivity index (χ0n) is 16.5. The van der Waals surface area contributed by atoms with Gasteiger partial charge in [-0.05, 0) is 29.7 Å². The van der Waals surface area contributed by atoms with Crippen molar-refractivity contribution >= 4 is 33.3 Å². The molecule has 0 spiro atoms. The number of hydrazone groups is 1. The molecule has 0 saturated heterocycles. The second kappa shape index (κ2) is 9.08. The molecule has 30 heavy (non-hydrogen) atoms. The van der Waals surface area contributed by atoms with Crippen molar-refractivity contribution in [1.82, 2.24) is 5.01 Å². The number of hydrogen-bond acceptors (Lipinski definition) is 5. The molecule has 0 aromatic heterocycles. The van der Waals surface area contributed by atoms with Gasteiger partial charge in [0.05, 0.1) is 18.0 Å². The van der Waals surface area contributed by atoms with Crippen LogP contribution in [0.2, 0.25) is 0 Å². The van der Waals surface area contributed by atoms with E-state index in [1.807, 2.05) is 30.3 Å². The maximum absolute atomic E-state index is 12.7. The van der Waals surface area contributed by atoms with E-state index < -0.39 is 16.0 Å². The first-order chi connectivity index (χ1) is 14.2. The molecule has 1 unspecified atom stereocenters. The number of carbonyl (C=O) groups excluding carboxylic acids is 1. The quantitative estimate of drug-likeness (QED) is 0.669. The summed E-state index contributed by atoms with van der Waals surface area (Å²) >= 11 is 0. The minimum Gasteiger partial charge on any atom is -0.481 e. The van der Waals surface area contributed by atoms with Crippen LogP contribution in [0.3, 0.4) is 0 Å². The summed E-state index contributed by atoms with van der Waals surface area (Å²) < 4.78 is 25.2. The Kier molecular flexibility index (Phi) is 6.51. The highest BCUT2D eigenvalue weighted by Gasteiger charge is 2.32. The highest BCUT2D eigenvalue weighted by atomic mass is 32.2. The van der Waals surface area contributed by atoms with E-state index in [-0.39, 0.29) is 31.2 Å². The Labute approximate surface area is 175 Å². The minimum absolute atomic E-state index is 0.0685. The van der Waals surface area contributed by atoms with Crippen LogP contribution in [0.25, 0.3) is 0 Å². The number of benzene rings is 2. The fraction of sp³-hybridized carbons (Fsp3) is 0.286. The second-order valence-corrected chi connectivity index (χ2v) is 8.86. The molecule has 2 aromatic carbocycles. The van der Waals surface area contributed by atoms with Gasteiger partial charge in [0.25, 0.3) is 0 Å². The van der Waals surface area contributed by atoms with Crippen LogP contribution in [0.4, 0.5) is 5.69 Å². The molecule has 1 atom stereocenters. The molecule has 0 saturated carbocycles. The number of sulfonamides is 1. The minimum atomic E-state index is -3.36. The zero-order valence-corrected chi connectivity index (χ0v) is 17.3. The Bertz CT molecular complexity index is 1050. The molecular weight excluding hydrogens is 406 g/mol. The monoisotopic (exact) mass is 429 g/mol. The van der Waals surface area contributed by atoms with E-state index in [1.54, 1.807) is 24.3 Å². The van der Waals surface area contributed by atoms with Gasteiger partial charge >= 0.3 is 5.97 Å². The molecule has 0 aliphatic carbocycles. The second-order valence-electron chi connectivity index (χ2n) is 7.11. The van der Waals surface area contributed by atoms with E-state index >= 15 is 0 Å². The molecule has 1 heterocycles. The largest absolute Gasteiger partial charge is 0.481 e. The van der Waals surface area contributed by atoms with Gasteiger partial charge in [0.15, 0.2) is 0 Å². The van der Waals surface area contributed by atoms with Crippen molar-refractivity contribution in [3.63, 3.8) is 0 Å². The molecule has 2 aromatic rings. The first-order valence-corrected chi connectivity index (χ1v) is 11.4. The SMILES string of the molecule is CS(=O)(=O)Nc1ccc(C2=NN(C(=O)CCCC(=O)O)C(c3ccccc3)C2)cc1. The normalized spacial score (nSPS) is 16.2. The Hall–Kier alpha value is -3.20. The smallest absolute Gasteiger partial charge is 0.303 e. The highest BCUT2D eigenvalue weighted by molar-refractivity contribution is 7.92. The van der Waals surface area contributed by atoms with Crippen LogP contribution in [0.1, 0.15) is 42.9 Å². The summed E-state index contributed by atoms with van der Waals surface area (Å²) in [5.41, 5.74) is 2.89. The molecule has 0 radical (unpaired) electrons. The fourth-order valence-corrected chi connectivity index (χ4v) is 3.86. The van der Waals surface area contributed by atoms with Gasteiger partial charge in [-0.2, -0.15) is 5.10 Å². The van der Waals surface area contributed by atoms with Gasteiger partial charge in [-0.15, -0.1) is 0 Å². The summed E-state index contributed by atoms with van der Waals surface area (Å²) in [6.07, 6.45) is 1.88. The predicted octanol–water partition coefficient (Wildman–Crippen LogP) is 2.99. The molecule has 1 aliphatic heterocycles. The first-order valence-electron chi connectivity index (χ1n) is 9.47. The van der Waals surface area contributed by atoms with E-state index in [2.05, 4.69) is 9.82 Å². The molecule has 0 fully saturated rings. The lowest BCUT2D eigenvalue weighted by atomic mass is 9.98. The Morgan fingerprint density at radius 2 is 1.77 bits per heavy atom. The summed E-state index contributed by atoms with van der Waals surface area (Å²) in [4.78, 5) is 23.5. The number of carbonyl (C=O) groups is 2. The fourth-order valence-electron chi connectivity index (χ4n) is 3.30. The molecule has 1 aliphatic rings. The Morgan fingerprint density at radius 3 is 2.37 bits per heavy atom. The van der Waals surface area contributed by atoms with Crippen LogP contribution in [-0.2, 0) is 19.6 Å². The van der Waals surface area contributed by atoms with Gasteiger partial charge in [0.2, 0.25) is 15.9 Å². The number of nitrogens with zero attached hydrogens (tertiary/aromatic N) is 2. The van der Waals surface area contributed by atoms with Crippen LogP contribution in [0.5, 0.6) is 0 Å². The van der Waals surface area contributed by atoms with Crippen molar-refractivity contribution in [2.75, 3.05) is 11.0 Å². The van der Waals surface area contributed by atoms with Gasteiger partial charge in [-0.3, -0.25) is 14.3 Å². The lowest BCUT2D eigenvalue weighted by molar-refractivity contribution is -0.137. The molecule has 158 valence electrons. The third-order valence-electron chi connectivity index (χ3n) is 4.65. The van der Waals surface area contributed by atoms with Crippen molar-refractivity contribution in [3.05, 3.63) is 65.7 Å². The average Bonchev–Trinajstić information content (AvgIpc) is 3.13. The molecule has 0 bridgehead atoms. The third kappa shape index (κ3) is 5.66. The van der Waals surface area contributed by atoms with Crippen LogP contribution in [0, 0.1) is 0 Å². The number of hydrogen-bond donors (Lipinski definition) is 2. The predicted molar refractivity (Wildman–Crippen MR) is 114 cm³/mol. The zero-order chi connectivity index (χ0) is 21.7. The Balaban J connectivity index is 1.82. The standard InChI is InChI=1S/C21H23N3O5S/c1-30(28,29)23-17-12-10-15(11-13-17)18-14-19(16-6-3-2-4-7-16)24(22-18)20(25)8-5-9-21(26)27/h2-4,6-7,10-13,19,23H,5,8-9,14H2,1H3,(H,26,27). The highest BCUT2D eigenvalue weighted by Crippen LogP contribution is 2.33. The third-order valence-corrected chi connectivity index (χ3v) is 5.26. The first kappa shape index (κ1) is 21.5. The summed E-state index contributed by atoms with van der Waals surface area (Å²) in [7, 11) is -3.36. The average molecular weight is 429 g/mol. The van der Waals surface area contributed by atoms with Crippen LogP contribution in [-0.4, -0.2) is 42.4 Å². The van der Waals surface area contributed by atoms with Crippen molar-refractivity contribution in [2.45, 2.75) is 31.7 Å². The molecule has 8 nitrogen and oxygen atoms in total. The maximum Gasteiger partial charge on any atom is 0.303 e. The lowest BCUT2D eigenvalue weighted by Gasteiger charge is -2.22. The Morgan fingerprint density at radius 1 is 1.10 bits per heavy atom. The van der Waals surface area contributed by atoms with Crippen molar-refractivity contribution in [2.24, 2.45) is 5.10 Å². The number of rotatable bonds is 8. The number of carboxylic acid groups (broad SMARTS) is 1. The van der Waals surface area contributed by atoms with E-state index in [9.17, 15) is 18.0 Å². The van der Waals surface area contributed by atoms with Crippen LogP contribution < -0.4 is 4.72 Å². The van der Waals surface area contributed by atoms with Crippen molar-refractivity contribution in [3.8, 4) is 0 Å². The number of anilines is 1. The number of nitrogens with one attached hydrogen (secondary N) is 1. The van der Waals surface area contributed by atoms with E-state index in [1.165, 1.54) is 5.01 Å². The number of carboxylic acids is 1. The van der Waals surface area contributed by atoms with Crippen LogP contribution in [0.15, 0.2) is 59.7 Å². The van der Waals surface area contributed by atoms with Gasteiger partial charge < -0.3 is 5.11 Å².